The Bertz CT molecular complexity index is 619. The van der Waals surface area contributed by atoms with Crippen LogP contribution in [0.25, 0.3) is 0 Å². The lowest BCUT2D eigenvalue weighted by Gasteiger charge is -2.21. The fraction of sp³-hybridized carbons (Fsp3) is 0.857. The highest BCUT2D eigenvalue weighted by molar-refractivity contribution is 14.0. The van der Waals surface area contributed by atoms with Crippen LogP contribution in [0.2, 0.25) is 0 Å². The summed E-state index contributed by atoms with van der Waals surface area (Å²) in [6.07, 6.45) is 10.1. The standard InChI is InChI=1S/C21H38N6O2.HI/c1-22-21(24-12-6-14-29-17-18-9-15-28-16-10-18)23-11-5-8-20-26-25-19-7-3-2-4-13-27(19)20;/h18H,2-17H2,1H3,(H2,22,23,24);1H. The van der Waals surface area contributed by atoms with E-state index in [4.69, 9.17) is 9.47 Å². The SMILES string of the molecule is CN=C(NCCCOCC1CCOCC1)NCCCc1nnc2n1CCCCC2.I. The van der Waals surface area contributed by atoms with Crippen molar-refractivity contribution in [1.29, 1.82) is 0 Å². The molecule has 2 N–H and O–H groups in total. The fourth-order valence-corrected chi connectivity index (χ4v) is 3.95. The van der Waals surface area contributed by atoms with E-state index in [0.717, 1.165) is 96.4 Å². The predicted molar refractivity (Wildman–Crippen MR) is 130 cm³/mol. The van der Waals surface area contributed by atoms with Crippen molar-refractivity contribution in [1.82, 2.24) is 25.4 Å². The third kappa shape index (κ3) is 8.66. The molecule has 1 aromatic rings. The molecule has 2 aliphatic rings. The zero-order valence-corrected chi connectivity index (χ0v) is 20.7. The monoisotopic (exact) mass is 534 g/mol. The van der Waals surface area contributed by atoms with Crippen LogP contribution in [0.15, 0.2) is 4.99 Å². The van der Waals surface area contributed by atoms with E-state index in [-0.39, 0.29) is 24.0 Å². The average Bonchev–Trinajstić information content (AvgIpc) is 2.98. The minimum absolute atomic E-state index is 0. The van der Waals surface area contributed by atoms with Gasteiger partial charge in [0, 0.05) is 66.0 Å². The highest BCUT2D eigenvalue weighted by Crippen LogP contribution is 2.15. The molecule has 1 saturated heterocycles. The van der Waals surface area contributed by atoms with Crippen molar-refractivity contribution < 1.29 is 9.47 Å². The molecule has 0 aliphatic carbocycles. The molecule has 2 aliphatic heterocycles. The van der Waals surface area contributed by atoms with Gasteiger partial charge in [0.1, 0.15) is 11.6 Å². The van der Waals surface area contributed by atoms with Crippen molar-refractivity contribution in [2.24, 2.45) is 10.9 Å². The van der Waals surface area contributed by atoms with Gasteiger partial charge in [-0.05, 0) is 44.4 Å². The quantitative estimate of drug-likeness (QED) is 0.208. The topological polar surface area (TPSA) is 85.6 Å². The Balaban J connectivity index is 0.00000320. The number of fused-ring (bicyclic) bond motifs is 1. The molecule has 172 valence electrons. The predicted octanol–water partition coefficient (Wildman–Crippen LogP) is 2.55. The Hall–Kier alpha value is -0.940. The van der Waals surface area contributed by atoms with Gasteiger partial charge in [-0.15, -0.1) is 34.2 Å². The maximum atomic E-state index is 5.81. The lowest BCUT2D eigenvalue weighted by atomic mass is 10.0. The zero-order valence-electron chi connectivity index (χ0n) is 18.4. The Morgan fingerprint density at radius 2 is 1.93 bits per heavy atom. The second kappa shape index (κ2) is 15.0. The molecule has 1 aromatic heterocycles. The number of rotatable bonds is 10. The van der Waals surface area contributed by atoms with Crippen LogP contribution in [-0.4, -0.2) is 67.3 Å². The summed E-state index contributed by atoms with van der Waals surface area (Å²) >= 11 is 0. The lowest BCUT2D eigenvalue weighted by molar-refractivity contribution is 0.0203. The number of nitrogens with one attached hydrogen (secondary N) is 2. The van der Waals surface area contributed by atoms with Crippen LogP contribution < -0.4 is 10.6 Å². The van der Waals surface area contributed by atoms with Gasteiger partial charge in [-0.1, -0.05) is 6.42 Å². The van der Waals surface area contributed by atoms with Crippen LogP contribution in [0.1, 0.15) is 56.6 Å². The van der Waals surface area contributed by atoms with E-state index in [1.165, 1.54) is 25.1 Å². The highest BCUT2D eigenvalue weighted by Gasteiger charge is 2.14. The van der Waals surface area contributed by atoms with Crippen molar-refractivity contribution in [3.05, 3.63) is 11.6 Å². The first-order chi connectivity index (χ1) is 14.4. The number of guanidine groups is 1. The molecule has 9 heteroatoms. The van der Waals surface area contributed by atoms with Gasteiger partial charge in [0.15, 0.2) is 5.96 Å². The molecule has 8 nitrogen and oxygen atoms in total. The van der Waals surface area contributed by atoms with Crippen LogP contribution in [0.5, 0.6) is 0 Å². The summed E-state index contributed by atoms with van der Waals surface area (Å²) in [7, 11) is 1.81. The minimum atomic E-state index is 0. The summed E-state index contributed by atoms with van der Waals surface area (Å²) in [5.74, 6) is 3.83. The number of halogens is 1. The van der Waals surface area contributed by atoms with Crippen LogP contribution >= 0.6 is 24.0 Å². The molecular formula is C21H39IN6O2. The Kier molecular flexibility index (Phi) is 12.6. The van der Waals surface area contributed by atoms with E-state index >= 15 is 0 Å². The summed E-state index contributed by atoms with van der Waals surface area (Å²) in [4.78, 5) is 4.30. The third-order valence-electron chi connectivity index (χ3n) is 5.73. The van der Waals surface area contributed by atoms with Gasteiger partial charge in [0.25, 0.3) is 0 Å². The first kappa shape index (κ1) is 25.3. The summed E-state index contributed by atoms with van der Waals surface area (Å²) in [6, 6.07) is 0. The summed E-state index contributed by atoms with van der Waals surface area (Å²) < 4.78 is 13.5. The molecule has 0 radical (unpaired) electrons. The number of hydrogen-bond donors (Lipinski definition) is 2. The molecule has 0 aromatic carbocycles. The van der Waals surface area contributed by atoms with E-state index in [2.05, 4.69) is 30.4 Å². The van der Waals surface area contributed by atoms with Gasteiger partial charge in [0.05, 0.1) is 0 Å². The molecule has 1 fully saturated rings. The number of nitrogens with zero attached hydrogens (tertiary/aromatic N) is 4. The van der Waals surface area contributed by atoms with Crippen molar-refractivity contribution in [3.8, 4) is 0 Å². The molecule has 0 saturated carbocycles. The minimum Gasteiger partial charge on any atom is -0.381 e. The maximum absolute atomic E-state index is 5.81. The number of ether oxygens (including phenoxy) is 2. The van der Waals surface area contributed by atoms with Crippen LogP contribution in [0, 0.1) is 5.92 Å². The van der Waals surface area contributed by atoms with E-state index in [1.807, 2.05) is 7.05 Å². The van der Waals surface area contributed by atoms with Crippen molar-refractivity contribution in [2.75, 3.05) is 46.6 Å². The van der Waals surface area contributed by atoms with Crippen molar-refractivity contribution in [3.63, 3.8) is 0 Å². The van der Waals surface area contributed by atoms with Gasteiger partial charge >= 0.3 is 0 Å². The molecular weight excluding hydrogens is 495 g/mol. The molecule has 3 rings (SSSR count). The fourth-order valence-electron chi connectivity index (χ4n) is 3.95. The molecule has 0 unspecified atom stereocenters. The summed E-state index contributed by atoms with van der Waals surface area (Å²) in [5, 5.41) is 15.5. The average molecular weight is 534 g/mol. The molecule has 0 spiro atoms. The Morgan fingerprint density at radius 1 is 1.13 bits per heavy atom. The molecule has 30 heavy (non-hydrogen) atoms. The molecule has 0 bridgehead atoms. The largest absolute Gasteiger partial charge is 0.381 e. The van der Waals surface area contributed by atoms with Gasteiger partial charge in [-0.2, -0.15) is 0 Å². The van der Waals surface area contributed by atoms with E-state index in [9.17, 15) is 0 Å². The second-order valence-electron chi connectivity index (χ2n) is 8.01. The van der Waals surface area contributed by atoms with Gasteiger partial charge in [0.2, 0.25) is 0 Å². The normalized spacial score (nSPS) is 17.7. The third-order valence-corrected chi connectivity index (χ3v) is 5.73. The second-order valence-corrected chi connectivity index (χ2v) is 8.01. The highest BCUT2D eigenvalue weighted by atomic mass is 127. The van der Waals surface area contributed by atoms with Crippen LogP contribution in [0.3, 0.4) is 0 Å². The van der Waals surface area contributed by atoms with Gasteiger partial charge in [-0.3, -0.25) is 4.99 Å². The first-order valence-electron chi connectivity index (χ1n) is 11.4. The molecule has 0 atom stereocenters. The number of aryl methyl sites for hydroxylation is 2. The number of hydrogen-bond acceptors (Lipinski definition) is 5. The van der Waals surface area contributed by atoms with Crippen LogP contribution in [-0.2, 0) is 28.9 Å². The summed E-state index contributed by atoms with van der Waals surface area (Å²) in [5.41, 5.74) is 0. The maximum Gasteiger partial charge on any atom is 0.190 e. The molecule has 0 amide bonds. The zero-order chi connectivity index (χ0) is 20.2. The Morgan fingerprint density at radius 3 is 2.73 bits per heavy atom. The number of aromatic nitrogens is 3. The first-order valence-corrected chi connectivity index (χ1v) is 11.4. The number of aliphatic imine (C=N–C) groups is 1. The smallest absolute Gasteiger partial charge is 0.190 e. The van der Waals surface area contributed by atoms with Crippen molar-refractivity contribution >= 4 is 29.9 Å². The van der Waals surface area contributed by atoms with E-state index in [1.54, 1.807) is 0 Å². The molecule has 3 heterocycles. The van der Waals surface area contributed by atoms with Gasteiger partial charge in [-0.25, -0.2) is 0 Å². The van der Waals surface area contributed by atoms with Crippen LogP contribution in [0.4, 0.5) is 0 Å². The summed E-state index contributed by atoms with van der Waals surface area (Å²) in [6.45, 7) is 6.24. The van der Waals surface area contributed by atoms with Crippen molar-refractivity contribution in [2.45, 2.75) is 64.3 Å². The Labute approximate surface area is 198 Å². The van der Waals surface area contributed by atoms with E-state index in [0.29, 0.717) is 5.92 Å². The van der Waals surface area contributed by atoms with Gasteiger partial charge < -0.3 is 24.7 Å². The van der Waals surface area contributed by atoms with E-state index < -0.39 is 0 Å². The lowest BCUT2D eigenvalue weighted by Crippen LogP contribution is -2.38.